The van der Waals surface area contributed by atoms with E-state index in [0.717, 1.165) is 16.7 Å². The smallest absolute Gasteiger partial charge is 0.411 e. The number of halogens is 1. The average molecular weight is 521 g/mol. The summed E-state index contributed by atoms with van der Waals surface area (Å²) in [5.74, 6) is 0.544. The molecular weight excluding hydrogens is 496 g/mol. The predicted molar refractivity (Wildman–Crippen MR) is 139 cm³/mol. The molecule has 0 fully saturated rings. The van der Waals surface area contributed by atoms with Gasteiger partial charge in [0.15, 0.2) is 5.76 Å². The highest BCUT2D eigenvalue weighted by Gasteiger charge is 2.18. The zero-order valence-corrected chi connectivity index (χ0v) is 21.1. The molecule has 37 heavy (non-hydrogen) atoms. The lowest BCUT2D eigenvalue weighted by atomic mass is 10.1. The second kappa shape index (κ2) is 12.1. The number of aryl methyl sites for hydroxylation is 1. The number of benzene rings is 3. The van der Waals surface area contributed by atoms with Gasteiger partial charge >= 0.3 is 12.1 Å². The van der Waals surface area contributed by atoms with E-state index in [2.05, 4.69) is 10.5 Å². The number of ether oxygens (including phenoxy) is 3. The van der Waals surface area contributed by atoms with Gasteiger partial charge in [0.05, 0.1) is 19.3 Å². The van der Waals surface area contributed by atoms with Gasteiger partial charge < -0.3 is 18.7 Å². The van der Waals surface area contributed by atoms with Crippen LogP contribution in [0.2, 0.25) is 5.02 Å². The van der Waals surface area contributed by atoms with Gasteiger partial charge in [-0.15, -0.1) is 0 Å². The number of esters is 1. The lowest BCUT2D eigenvalue weighted by Gasteiger charge is -2.09. The zero-order chi connectivity index (χ0) is 26.2. The summed E-state index contributed by atoms with van der Waals surface area (Å²) in [6.45, 7) is 2.20. The Bertz CT molecular complexity index is 1380. The van der Waals surface area contributed by atoms with E-state index in [1.165, 1.54) is 7.11 Å². The van der Waals surface area contributed by atoms with Gasteiger partial charge in [-0.2, -0.15) is 0 Å². The Labute approximate surface area is 219 Å². The van der Waals surface area contributed by atoms with E-state index in [0.29, 0.717) is 46.5 Å². The lowest BCUT2D eigenvalue weighted by Crippen LogP contribution is -2.16. The third kappa shape index (κ3) is 6.68. The van der Waals surface area contributed by atoms with Crippen LogP contribution in [0.1, 0.15) is 27.2 Å². The molecule has 0 aliphatic heterocycles. The van der Waals surface area contributed by atoms with E-state index in [-0.39, 0.29) is 6.61 Å². The number of anilines is 1. The summed E-state index contributed by atoms with van der Waals surface area (Å²) >= 11 is 6.15. The topological polar surface area (TPSA) is 99.9 Å². The molecule has 8 nitrogen and oxygen atoms in total. The maximum absolute atomic E-state index is 12.4. The molecule has 0 saturated carbocycles. The maximum Gasteiger partial charge on any atom is 0.411 e. The molecule has 0 aliphatic carbocycles. The normalized spacial score (nSPS) is 10.6. The predicted octanol–water partition coefficient (Wildman–Crippen LogP) is 6.46. The molecule has 0 bridgehead atoms. The third-order valence-electron chi connectivity index (χ3n) is 5.53. The zero-order valence-electron chi connectivity index (χ0n) is 20.3. The Hall–Kier alpha value is -4.30. The van der Waals surface area contributed by atoms with Gasteiger partial charge in [-0.1, -0.05) is 65.3 Å². The molecule has 1 heterocycles. The molecule has 4 rings (SSSR count). The first-order chi connectivity index (χ1) is 17.9. The van der Waals surface area contributed by atoms with E-state index in [4.69, 9.17) is 30.3 Å². The first-order valence-corrected chi connectivity index (χ1v) is 11.9. The lowest BCUT2D eigenvalue weighted by molar-refractivity contribution is 0.0600. The largest absolute Gasteiger partial charge is 0.489 e. The third-order valence-corrected chi connectivity index (χ3v) is 5.90. The van der Waals surface area contributed by atoms with E-state index >= 15 is 0 Å². The fraction of sp³-hybridized carbons (Fsp3) is 0.179. The minimum Gasteiger partial charge on any atom is -0.489 e. The molecule has 1 amide bonds. The molecule has 3 aromatic carbocycles. The van der Waals surface area contributed by atoms with Crippen LogP contribution in [0, 0.1) is 6.92 Å². The molecular formula is C28H25ClN2O6. The van der Waals surface area contributed by atoms with Crippen molar-refractivity contribution in [2.24, 2.45) is 0 Å². The molecule has 9 heteroatoms. The highest BCUT2D eigenvalue weighted by Crippen LogP contribution is 2.31. The number of carbonyl (C=O) groups is 2. The molecule has 0 atom stereocenters. The number of hydrogen-bond acceptors (Lipinski definition) is 7. The van der Waals surface area contributed by atoms with Gasteiger partial charge in [0.2, 0.25) is 0 Å². The monoisotopic (exact) mass is 520 g/mol. The minimum atomic E-state index is -0.612. The van der Waals surface area contributed by atoms with Gasteiger partial charge in [0.1, 0.15) is 23.7 Å². The molecule has 1 N–H and O–H groups in total. The summed E-state index contributed by atoms with van der Waals surface area (Å²) < 4.78 is 21.3. The fourth-order valence-electron chi connectivity index (χ4n) is 3.56. The van der Waals surface area contributed by atoms with Gasteiger partial charge in [-0.05, 0) is 42.3 Å². The summed E-state index contributed by atoms with van der Waals surface area (Å²) in [7, 11) is 1.33. The number of hydrogen-bond donors (Lipinski definition) is 1. The Balaban J connectivity index is 1.35. The average Bonchev–Trinajstić information content (AvgIpc) is 3.28. The van der Waals surface area contributed by atoms with Crippen molar-refractivity contribution in [3.8, 4) is 17.1 Å². The first kappa shape index (κ1) is 25.8. The number of methoxy groups -OCH3 is 1. The van der Waals surface area contributed by atoms with E-state index < -0.39 is 12.1 Å². The molecule has 0 unspecified atom stereocenters. The standard InChI is InChI=1S/C28H25ClN2O6/c1-18-25(30-28(33)35-15-14-20-6-3-4-9-24(20)29)26(37-31-18)21-12-10-19(11-13-21)17-36-23-8-5-7-22(16-23)27(32)34-2/h3-13,16H,14-15,17H2,1-2H3,(H,30,33). The highest BCUT2D eigenvalue weighted by molar-refractivity contribution is 6.31. The summed E-state index contributed by atoms with van der Waals surface area (Å²) in [5, 5.41) is 7.35. The van der Waals surface area contributed by atoms with Crippen LogP contribution < -0.4 is 10.1 Å². The van der Waals surface area contributed by atoms with E-state index in [1.807, 2.05) is 42.5 Å². The van der Waals surface area contributed by atoms with Gasteiger partial charge in [0, 0.05) is 17.0 Å². The molecule has 0 aliphatic rings. The van der Waals surface area contributed by atoms with Crippen LogP contribution in [0.3, 0.4) is 0 Å². The van der Waals surface area contributed by atoms with Crippen molar-refractivity contribution < 1.29 is 28.3 Å². The minimum absolute atomic E-state index is 0.173. The molecule has 0 spiro atoms. The van der Waals surface area contributed by atoms with Crippen molar-refractivity contribution in [1.82, 2.24) is 5.16 Å². The van der Waals surface area contributed by atoms with Crippen molar-refractivity contribution in [3.63, 3.8) is 0 Å². The Morgan fingerprint density at radius 1 is 1.03 bits per heavy atom. The number of aromatic nitrogens is 1. The molecule has 1 aromatic heterocycles. The molecule has 0 radical (unpaired) electrons. The Kier molecular flexibility index (Phi) is 8.43. The number of amides is 1. The first-order valence-electron chi connectivity index (χ1n) is 11.5. The van der Waals surface area contributed by atoms with Gasteiger partial charge in [-0.25, -0.2) is 9.59 Å². The van der Waals surface area contributed by atoms with Crippen LogP contribution in [0.5, 0.6) is 5.75 Å². The summed E-state index contributed by atoms with van der Waals surface area (Å²) in [5.41, 5.74) is 3.90. The summed E-state index contributed by atoms with van der Waals surface area (Å²) in [4.78, 5) is 24.1. The maximum atomic E-state index is 12.4. The highest BCUT2D eigenvalue weighted by atomic mass is 35.5. The van der Waals surface area contributed by atoms with Crippen LogP contribution in [0.25, 0.3) is 11.3 Å². The van der Waals surface area contributed by atoms with Crippen LogP contribution in [0.4, 0.5) is 10.5 Å². The van der Waals surface area contributed by atoms with Crippen molar-refractivity contribution in [3.05, 3.63) is 100 Å². The van der Waals surface area contributed by atoms with Gasteiger partial charge in [0.25, 0.3) is 0 Å². The van der Waals surface area contributed by atoms with Crippen LogP contribution >= 0.6 is 11.6 Å². The molecule has 4 aromatic rings. The number of carbonyl (C=O) groups excluding carboxylic acids is 2. The van der Waals surface area contributed by atoms with Crippen molar-refractivity contribution in [2.45, 2.75) is 20.0 Å². The Morgan fingerprint density at radius 3 is 2.57 bits per heavy atom. The number of nitrogens with zero attached hydrogens (tertiary/aromatic N) is 1. The quantitative estimate of drug-likeness (QED) is 0.253. The second-order valence-corrected chi connectivity index (χ2v) is 8.49. The van der Waals surface area contributed by atoms with Crippen LogP contribution in [0.15, 0.2) is 77.3 Å². The summed E-state index contributed by atoms with van der Waals surface area (Å²) in [6, 6.07) is 21.6. The summed E-state index contributed by atoms with van der Waals surface area (Å²) in [6.07, 6.45) is -0.113. The van der Waals surface area contributed by atoms with Crippen molar-refractivity contribution in [1.29, 1.82) is 0 Å². The van der Waals surface area contributed by atoms with E-state index in [1.54, 1.807) is 37.3 Å². The number of nitrogens with one attached hydrogen (secondary N) is 1. The van der Waals surface area contributed by atoms with Gasteiger partial charge in [-0.3, -0.25) is 5.32 Å². The molecule has 190 valence electrons. The molecule has 0 saturated heterocycles. The van der Waals surface area contributed by atoms with E-state index in [9.17, 15) is 9.59 Å². The fourth-order valence-corrected chi connectivity index (χ4v) is 3.79. The van der Waals surface area contributed by atoms with Crippen LogP contribution in [-0.4, -0.2) is 30.9 Å². The van der Waals surface area contributed by atoms with Crippen molar-refractivity contribution >= 4 is 29.4 Å². The van der Waals surface area contributed by atoms with Crippen LogP contribution in [-0.2, 0) is 22.5 Å². The number of rotatable bonds is 9. The Morgan fingerprint density at radius 2 is 1.81 bits per heavy atom. The second-order valence-electron chi connectivity index (χ2n) is 8.08. The van der Waals surface area contributed by atoms with Crippen molar-refractivity contribution in [2.75, 3.05) is 19.0 Å². The SMILES string of the molecule is COC(=O)c1cccc(OCc2ccc(-c3onc(C)c3NC(=O)OCCc3ccccc3Cl)cc2)c1.